The highest BCUT2D eigenvalue weighted by atomic mass is 19.1. The predicted molar refractivity (Wildman–Crippen MR) is 125 cm³/mol. The number of benzene rings is 3. The van der Waals surface area contributed by atoms with Crippen LogP contribution in [0.5, 0.6) is 5.75 Å². The van der Waals surface area contributed by atoms with Gasteiger partial charge in [-0.25, -0.2) is 4.39 Å². The summed E-state index contributed by atoms with van der Waals surface area (Å²) in [6.45, 7) is 1.66. The minimum atomic E-state index is -0.745. The minimum absolute atomic E-state index is 0.271. The number of rotatable bonds is 8. The van der Waals surface area contributed by atoms with Crippen LogP contribution in [0.15, 0.2) is 79.0 Å². The summed E-state index contributed by atoms with van der Waals surface area (Å²) in [5, 5.41) is 6.61. The van der Waals surface area contributed by atoms with Gasteiger partial charge in [0.25, 0.3) is 0 Å². The second-order valence-electron chi connectivity index (χ2n) is 7.75. The summed E-state index contributed by atoms with van der Waals surface area (Å²) in [4.78, 5) is 28.0. The normalized spacial score (nSPS) is 11.7. The summed E-state index contributed by atoms with van der Waals surface area (Å²) in [7, 11) is 0. The van der Waals surface area contributed by atoms with Crippen LogP contribution in [0.25, 0.3) is 10.9 Å². The first-order valence-electron chi connectivity index (χ1n) is 10.6. The maximum atomic E-state index is 13.1. The van der Waals surface area contributed by atoms with Crippen LogP contribution in [0.3, 0.4) is 0 Å². The van der Waals surface area contributed by atoms with E-state index in [9.17, 15) is 14.0 Å². The summed E-state index contributed by atoms with van der Waals surface area (Å²) in [6.07, 6.45) is 2.20. The van der Waals surface area contributed by atoms with E-state index in [1.54, 1.807) is 36.4 Å². The largest absolute Gasteiger partial charge is 0.489 e. The molecule has 2 amide bonds. The molecule has 1 aromatic heterocycles. The maximum absolute atomic E-state index is 13.1. The van der Waals surface area contributed by atoms with Gasteiger partial charge >= 0.3 is 0 Å². The molecule has 0 saturated heterocycles. The molecule has 0 bridgehead atoms. The van der Waals surface area contributed by atoms with Gasteiger partial charge in [-0.2, -0.15) is 0 Å². The van der Waals surface area contributed by atoms with E-state index in [2.05, 4.69) is 15.6 Å². The number of nitrogens with one attached hydrogen (secondary N) is 3. The molecule has 168 valence electrons. The second kappa shape index (κ2) is 9.99. The van der Waals surface area contributed by atoms with Gasteiger partial charge in [0, 0.05) is 42.2 Å². The van der Waals surface area contributed by atoms with Gasteiger partial charge in [0.2, 0.25) is 11.8 Å². The molecule has 33 heavy (non-hydrogen) atoms. The molecule has 0 radical (unpaired) electrons. The number of carbonyl (C=O) groups excluding carboxylic acids is 2. The Hall–Kier alpha value is -4.13. The Morgan fingerprint density at radius 1 is 1.03 bits per heavy atom. The van der Waals surface area contributed by atoms with Crippen LogP contribution in [-0.4, -0.2) is 22.8 Å². The Morgan fingerprint density at radius 3 is 2.61 bits per heavy atom. The Kier molecular flexibility index (Phi) is 6.69. The van der Waals surface area contributed by atoms with Crippen molar-refractivity contribution >= 4 is 28.4 Å². The number of para-hydroxylation sites is 1. The topological polar surface area (TPSA) is 83.2 Å². The molecule has 3 N–H and O–H groups in total. The number of hydrogen-bond donors (Lipinski definition) is 3. The molecule has 7 heteroatoms. The van der Waals surface area contributed by atoms with E-state index in [1.165, 1.54) is 19.1 Å². The zero-order chi connectivity index (χ0) is 23.2. The third-order valence-electron chi connectivity index (χ3n) is 5.21. The van der Waals surface area contributed by atoms with E-state index >= 15 is 0 Å². The Morgan fingerprint density at radius 2 is 1.82 bits per heavy atom. The molecule has 1 heterocycles. The highest BCUT2D eigenvalue weighted by molar-refractivity contribution is 5.97. The van der Waals surface area contributed by atoms with Gasteiger partial charge in [-0.1, -0.05) is 36.4 Å². The molecule has 6 nitrogen and oxygen atoms in total. The lowest BCUT2D eigenvalue weighted by Gasteiger charge is -2.18. The highest BCUT2D eigenvalue weighted by Gasteiger charge is 2.21. The van der Waals surface area contributed by atoms with Crippen molar-refractivity contribution in [1.29, 1.82) is 0 Å². The molecular weight excluding hydrogens is 421 g/mol. The molecule has 3 aromatic carbocycles. The number of halogens is 1. The SMILES string of the molecule is CC(=O)NC(Cc1c[nH]c2ccccc12)C(=O)Nc1cccc(OCc2ccc(F)cc2)c1. The zero-order valence-corrected chi connectivity index (χ0v) is 18.1. The molecule has 0 aliphatic heterocycles. The van der Waals surface area contributed by atoms with Gasteiger partial charge in [0.15, 0.2) is 0 Å². The van der Waals surface area contributed by atoms with Gasteiger partial charge in [-0.3, -0.25) is 9.59 Å². The number of carbonyl (C=O) groups is 2. The van der Waals surface area contributed by atoms with Crippen molar-refractivity contribution in [2.75, 3.05) is 5.32 Å². The van der Waals surface area contributed by atoms with E-state index in [0.717, 1.165) is 22.0 Å². The first kappa shape index (κ1) is 22.1. The summed E-state index contributed by atoms with van der Waals surface area (Å²) in [5.74, 6) is -0.354. The number of ether oxygens (including phenoxy) is 1. The molecule has 0 saturated carbocycles. The second-order valence-corrected chi connectivity index (χ2v) is 7.75. The molecule has 0 aliphatic rings. The number of aromatic nitrogens is 1. The molecule has 4 rings (SSSR count). The molecule has 0 fully saturated rings. The van der Waals surface area contributed by atoms with Crippen molar-refractivity contribution in [2.45, 2.75) is 26.0 Å². The van der Waals surface area contributed by atoms with E-state index in [-0.39, 0.29) is 24.2 Å². The van der Waals surface area contributed by atoms with Gasteiger partial charge in [-0.05, 0) is 41.5 Å². The average molecular weight is 445 g/mol. The monoisotopic (exact) mass is 445 g/mol. The van der Waals surface area contributed by atoms with Crippen molar-refractivity contribution in [1.82, 2.24) is 10.3 Å². The first-order chi connectivity index (χ1) is 16.0. The number of aromatic amines is 1. The van der Waals surface area contributed by atoms with Gasteiger partial charge in [0.1, 0.15) is 24.2 Å². The lowest BCUT2D eigenvalue weighted by molar-refractivity contribution is -0.125. The van der Waals surface area contributed by atoms with Crippen LogP contribution in [-0.2, 0) is 22.6 Å². The standard InChI is InChI=1S/C26H24FN3O3/c1-17(31)29-25(13-19-15-28-24-8-3-2-7-23(19)24)26(32)30-21-5-4-6-22(14-21)33-16-18-9-11-20(27)12-10-18/h2-12,14-15,25,28H,13,16H2,1H3,(H,29,31)(H,30,32). The number of fused-ring (bicyclic) bond motifs is 1. The fourth-order valence-corrected chi connectivity index (χ4v) is 3.62. The van der Waals surface area contributed by atoms with Gasteiger partial charge < -0.3 is 20.4 Å². The molecular formula is C26H24FN3O3. The predicted octanol–water partition coefficient (Wildman–Crippen LogP) is 4.57. The van der Waals surface area contributed by atoms with Crippen molar-refractivity contribution in [3.8, 4) is 5.75 Å². The van der Waals surface area contributed by atoms with Gasteiger partial charge in [-0.15, -0.1) is 0 Å². The first-order valence-corrected chi connectivity index (χ1v) is 10.6. The highest BCUT2D eigenvalue weighted by Crippen LogP contribution is 2.21. The quantitative estimate of drug-likeness (QED) is 0.372. The lowest BCUT2D eigenvalue weighted by atomic mass is 10.0. The fraction of sp³-hybridized carbons (Fsp3) is 0.154. The van der Waals surface area contributed by atoms with E-state index in [1.807, 2.05) is 30.5 Å². The average Bonchev–Trinajstić information content (AvgIpc) is 3.21. The number of H-pyrrole nitrogens is 1. The Balaban J connectivity index is 1.44. The smallest absolute Gasteiger partial charge is 0.247 e. The molecule has 0 spiro atoms. The molecule has 1 unspecified atom stereocenters. The van der Waals surface area contributed by atoms with Crippen LogP contribution in [0.4, 0.5) is 10.1 Å². The Bertz CT molecular complexity index is 1270. The fourth-order valence-electron chi connectivity index (χ4n) is 3.62. The number of hydrogen-bond acceptors (Lipinski definition) is 3. The molecule has 1 atom stereocenters. The molecule has 0 aliphatic carbocycles. The maximum Gasteiger partial charge on any atom is 0.247 e. The van der Waals surface area contributed by atoms with Crippen molar-refractivity contribution in [3.05, 3.63) is 95.9 Å². The van der Waals surface area contributed by atoms with Crippen molar-refractivity contribution < 1.29 is 18.7 Å². The summed E-state index contributed by atoms with van der Waals surface area (Å²) < 4.78 is 18.8. The van der Waals surface area contributed by atoms with Gasteiger partial charge in [0.05, 0.1) is 0 Å². The summed E-state index contributed by atoms with van der Waals surface area (Å²) in [5.41, 5.74) is 3.29. The Labute approximate surface area is 190 Å². The zero-order valence-electron chi connectivity index (χ0n) is 18.1. The number of amides is 2. The third kappa shape index (κ3) is 5.77. The summed E-state index contributed by atoms with van der Waals surface area (Å²) >= 11 is 0. The van der Waals surface area contributed by atoms with Crippen LogP contribution in [0, 0.1) is 5.82 Å². The minimum Gasteiger partial charge on any atom is -0.489 e. The van der Waals surface area contributed by atoms with Crippen LogP contribution >= 0.6 is 0 Å². The third-order valence-corrected chi connectivity index (χ3v) is 5.21. The number of anilines is 1. The van der Waals surface area contributed by atoms with Crippen LogP contribution < -0.4 is 15.4 Å². The van der Waals surface area contributed by atoms with Crippen LogP contribution in [0.1, 0.15) is 18.1 Å². The van der Waals surface area contributed by atoms with E-state index in [4.69, 9.17) is 4.74 Å². The van der Waals surface area contributed by atoms with E-state index in [0.29, 0.717) is 17.9 Å². The van der Waals surface area contributed by atoms with E-state index < -0.39 is 6.04 Å². The summed E-state index contributed by atoms with van der Waals surface area (Å²) in [6, 6.07) is 20.1. The van der Waals surface area contributed by atoms with Crippen molar-refractivity contribution in [3.63, 3.8) is 0 Å². The van der Waals surface area contributed by atoms with Crippen molar-refractivity contribution in [2.24, 2.45) is 0 Å². The lowest BCUT2D eigenvalue weighted by Crippen LogP contribution is -2.44. The van der Waals surface area contributed by atoms with Crippen LogP contribution in [0.2, 0.25) is 0 Å². The molecule has 4 aromatic rings.